The number of allylic oxidation sites excluding steroid dienone is 1. The normalized spacial score (nSPS) is 14.5. The summed E-state index contributed by atoms with van der Waals surface area (Å²) in [5.41, 5.74) is 5.21. The van der Waals surface area contributed by atoms with Crippen LogP contribution in [0, 0.1) is 0 Å². The van der Waals surface area contributed by atoms with Crippen molar-refractivity contribution in [3.05, 3.63) is 76.1 Å². The van der Waals surface area contributed by atoms with Gasteiger partial charge in [0.1, 0.15) is 5.82 Å². The fraction of sp³-hybridized carbons (Fsp3) is 0.462. The minimum Gasteiger partial charge on any atom is -0.389 e. The maximum Gasteiger partial charge on any atom is 0.105 e. The van der Waals surface area contributed by atoms with Crippen molar-refractivity contribution in [1.82, 2.24) is 20.0 Å². The lowest BCUT2D eigenvalue weighted by Crippen LogP contribution is -2.42. The molecule has 1 aliphatic rings. The number of nitrogens with one attached hydrogen (secondary N) is 1. The van der Waals surface area contributed by atoms with E-state index in [1.807, 2.05) is 32.0 Å². The molecule has 0 bridgehead atoms. The fourth-order valence-corrected chi connectivity index (χ4v) is 3.91. The molecular weight excluding hydrogens is 439 g/mol. The largest absolute Gasteiger partial charge is 0.389 e. The molecule has 4 nitrogen and oxygen atoms in total. The Balaban J connectivity index is 0.00000249. The van der Waals surface area contributed by atoms with Crippen LogP contribution in [0.15, 0.2) is 60.5 Å². The third kappa shape index (κ3) is 6.26. The first-order valence-corrected chi connectivity index (χ1v) is 12.3. The van der Waals surface area contributed by atoms with E-state index in [4.69, 9.17) is 23.2 Å². The minimum absolute atomic E-state index is 0.541. The van der Waals surface area contributed by atoms with Crippen molar-refractivity contribution in [3.63, 3.8) is 0 Å². The molecule has 1 aliphatic heterocycles. The van der Waals surface area contributed by atoms with E-state index in [-0.39, 0.29) is 0 Å². The summed E-state index contributed by atoms with van der Waals surface area (Å²) in [4.78, 5) is 6.66. The maximum absolute atomic E-state index is 6.37. The Hall–Kier alpha value is -2.04. The van der Waals surface area contributed by atoms with Gasteiger partial charge >= 0.3 is 0 Å². The second-order valence-electron chi connectivity index (χ2n) is 7.38. The molecule has 32 heavy (non-hydrogen) atoms. The molecule has 0 atom stereocenters. The Labute approximate surface area is 205 Å². The molecule has 0 aromatic heterocycles. The highest BCUT2D eigenvalue weighted by atomic mass is 35.5. The van der Waals surface area contributed by atoms with Gasteiger partial charge in [-0.05, 0) is 38.8 Å². The van der Waals surface area contributed by atoms with E-state index in [1.165, 1.54) is 0 Å². The van der Waals surface area contributed by atoms with E-state index in [0.717, 1.165) is 66.6 Å². The van der Waals surface area contributed by atoms with Gasteiger partial charge in [-0.3, -0.25) is 0 Å². The van der Waals surface area contributed by atoms with Crippen molar-refractivity contribution in [2.24, 2.45) is 0 Å². The van der Waals surface area contributed by atoms with Gasteiger partial charge in [-0.15, -0.1) is 0 Å². The maximum atomic E-state index is 6.37. The lowest BCUT2D eigenvalue weighted by molar-refractivity contribution is 0.271. The number of nitrogens with zero attached hydrogens (tertiary/aromatic N) is 3. The summed E-state index contributed by atoms with van der Waals surface area (Å²) < 4.78 is 0. The SMILES string of the molecule is C=C1C(N(CCC)/C(=C\NCC)c2ccc(Cl)c(Cl)c2)=C(C)N(C)C(=C)N1CCC.CC. The Morgan fingerprint density at radius 2 is 1.75 bits per heavy atom. The highest BCUT2D eigenvalue weighted by molar-refractivity contribution is 6.42. The lowest BCUT2D eigenvalue weighted by Gasteiger charge is -2.45. The third-order valence-corrected chi connectivity index (χ3v) is 6.00. The fourth-order valence-electron chi connectivity index (χ4n) is 3.61. The van der Waals surface area contributed by atoms with Gasteiger partial charge in [0.25, 0.3) is 0 Å². The van der Waals surface area contributed by atoms with Crippen molar-refractivity contribution in [1.29, 1.82) is 0 Å². The average molecular weight is 480 g/mol. The standard InChI is InChI=1S/C24H34Cl2N4.C2H6/c1-8-13-29-18(5)24(17(4)28(7)19(29)6)30(14-9-2)23(16-27-10-3)20-11-12-21(25)22(26)15-20;1-2/h11-12,15-16,27H,5-6,8-10,13-14H2,1-4,7H3;1-2H3/b23-16-;. The van der Waals surface area contributed by atoms with Gasteiger partial charge in [0.05, 0.1) is 27.1 Å². The van der Waals surface area contributed by atoms with Gasteiger partial charge < -0.3 is 20.0 Å². The van der Waals surface area contributed by atoms with Crippen LogP contribution in [0.5, 0.6) is 0 Å². The van der Waals surface area contributed by atoms with Crippen LogP contribution in [0.3, 0.4) is 0 Å². The van der Waals surface area contributed by atoms with Crippen LogP contribution in [-0.4, -0.2) is 41.4 Å². The summed E-state index contributed by atoms with van der Waals surface area (Å²) in [5.74, 6) is 0.950. The number of hydrogen-bond acceptors (Lipinski definition) is 4. The highest BCUT2D eigenvalue weighted by Gasteiger charge is 2.31. The first kappa shape index (κ1) is 28.0. The van der Waals surface area contributed by atoms with Gasteiger partial charge in [0, 0.05) is 44.1 Å². The monoisotopic (exact) mass is 478 g/mol. The highest BCUT2D eigenvalue weighted by Crippen LogP contribution is 2.38. The Kier molecular flexibility index (Phi) is 11.8. The smallest absolute Gasteiger partial charge is 0.105 e. The molecule has 178 valence electrons. The van der Waals surface area contributed by atoms with Gasteiger partial charge in [0.15, 0.2) is 0 Å². The number of rotatable bonds is 9. The quantitative estimate of drug-likeness (QED) is 0.396. The first-order chi connectivity index (χ1) is 15.3. The molecule has 1 aromatic carbocycles. The average Bonchev–Trinajstić information content (AvgIpc) is 2.79. The van der Waals surface area contributed by atoms with E-state index in [0.29, 0.717) is 10.0 Å². The molecule has 0 saturated carbocycles. The summed E-state index contributed by atoms with van der Waals surface area (Å²) in [6.45, 7) is 23.8. The topological polar surface area (TPSA) is 21.8 Å². The molecule has 1 aromatic rings. The van der Waals surface area contributed by atoms with Crippen LogP contribution in [0.25, 0.3) is 5.70 Å². The Bertz CT molecular complexity index is 857. The Morgan fingerprint density at radius 1 is 1.09 bits per heavy atom. The summed E-state index contributed by atoms with van der Waals surface area (Å²) in [6.07, 6.45) is 4.04. The van der Waals surface area contributed by atoms with E-state index in [1.54, 1.807) is 0 Å². The van der Waals surface area contributed by atoms with Crippen molar-refractivity contribution >= 4 is 28.9 Å². The molecule has 0 spiro atoms. The number of benzene rings is 1. The molecule has 0 amide bonds. The first-order valence-electron chi connectivity index (χ1n) is 11.5. The third-order valence-electron chi connectivity index (χ3n) is 5.26. The molecule has 1 heterocycles. The Morgan fingerprint density at radius 3 is 2.28 bits per heavy atom. The zero-order valence-electron chi connectivity index (χ0n) is 20.9. The van der Waals surface area contributed by atoms with Crippen molar-refractivity contribution < 1.29 is 0 Å². The van der Waals surface area contributed by atoms with Gasteiger partial charge in [-0.25, -0.2) is 0 Å². The predicted molar refractivity (Wildman–Crippen MR) is 142 cm³/mol. The summed E-state index contributed by atoms with van der Waals surface area (Å²) in [6, 6.07) is 5.77. The van der Waals surface area contributed by atoms with Crippen LogP contribution in [0.2, 0.25) is 10.0 Å². The minimum atomic E-state index is 0.541. The molecule has 0 saturated heterocycles. The van der Waals surface area contributed by atoms with E-state index < -0.39 is 0 Å². The van der Waals surface area contributed by atoms with E-state index in [9.17, 15) is 0 Å². The second kappa shape index (κ2) is 13.5. The number of hydrogen-bond donors (Lipinski definition) is 1. The molecule has 0 fully saturated rings. The molecule has 0 unspecified atom stereocenters. The van der Waals surface area contributed by atoms with Crippen molar-refractivity contribution in [2.75, 3.05) is 26.7 Å². The molecule has 1 N–H and O–H groups in total. The van der Waals surface area contributed by atoms with Gasteiger partial charge in [-0.2, -0.15) is 0 Å². The van der Waals surface area contributed by atoms with Crippen molar-refractivity contribution in [2.45, 2.75) is 54.4 Å². The molecule has 0 radical (unpaired) electrons. The van der Waals surface area contributed by atoms with Crippen LogP contribution in [0.1, 0.15) is 59.9 Å². The summed E-state index contributed by atoms with van der Waals surface area (Å²) in [5, 5.41) is 4.46. The summed E-state index contributed by atoms with van der Waals surface area (Å²) in [7, 11) is 2.06. The van der Waals surface area contributed by atoms with Gasteiger partial charge in [0.2, 0.25) is 0 Å². The molecule has 2 rings (SSSR count). The van der Waals surface area contributed by atoms with Crippen LogP contribution >= 0.6 is 23.2 Å². The molecular formula is C26H40Cl2N4. The van der Waals surface area contributed by atoms with Crippen LogP contribution < -0.4 is 5.32 Å². The van der Waals surface area contributed by atoms with Crippen LogP contribution in [-0.2, 0) is 0 Å². The second-order valence-corrected chi connectivity index (χ2v) is 8.19. The molecule has 0 aliphatic carbocycles. The van der Waals surface area contributed by atoms with E-state index >= 15 is 0 Å². The van der Waals surface area contributed by atoms with E-state index in [2.05, 4.69) is 74.1 Å². The zero-order chi connectivity index (χ0) is 24.4. The number of halogens is 2. The molecule has 6 heteroatoms. The summed E-state index contributed by atoms with van der Waals surface area (Å²) >= 11 is 12.6. The van der Waals surface area contributed by atoms with Gasteiger partial charge in [-0.1, -0.05) is 70.1 Å². The predicted octanol–water partition coefficient (Wildman–Crippen LogP) is 7.51. The lowest BCUT2D eigenvalue weighted by atomic mass is 10.1. The van der Waals surface area contributed by atoms with Crippen LogP contribution in [0.4, 0.5) is 0 Å². The van der Waals surface area contributed by atoms with Crippen molar-refractivity contribution in [3.8, 4) is 0 Å². The zero-order valence-corrected chi connectivity index (χ0v) is 22.4.